The van der Waals surface area contributed by atoms with Crippen LogP contribution in [-0.4, -0.2) is 16.7 Å². The van der Waals surface area contributed by atoms with Gasteiger partial charge in [-0.3, -0.25) is 4.98 Å². The summed E-state index contributed by atoms with van der Waals surface area (Å²) in [6.45, 7) is 1.02. The van der Waals surface area contributed by atoms with Gasteiger partial charge in [-0.25, -0.2) is 0 Å². The summed E-state index contributed by atoms with van der Waals surface area (Å²) in [5.41, 5.74) is 3.52. The van der Waals surface area contributed by atoms with E-state index in [0.717, 1.165) is 25.1 Å². The van der Waals surface area contributed by atoms with Crippen LogP contribution in [0.2, 0.25) is 0 Å². The first kappa shape index (κ1) is 12.6. The smallest absolute Gasteiger partial charge is 0.0434 e. The largest absolute Gasteiger partial charge is 0.396 e. The molecule has 2 N–H and O–H groups in total. The number of aliphatic hydroxyl groups is 1. The lowest BCUT2D eigenvalue weighted by Gasteiger charge is -2.08. The van der Waals surface area contributed by atoms with E-state index in [0.29, 0.717) is 0 Å². The maximum atomic E-state index is 8.83. The molecule has 0 atom stereocenters. The summed E-state index contributed by atoms with van der Waals surface area (Å²) in [5, 5.41) is 12.2. The Morgan fingerprint density at radius 3 is 2.78 bits per heavy atom. The molecule has 0 amide bonds. The third-order valence-electron chi connectivity index (χ3n) is 2.77. The van der Waals surface area contributed by atoms with Gasteiger partial charge in [0.15, 0.2) is 0 Å². The fourth-order valence-electron chi connectivity index (χ4n) is 1.83. The van der Waals surface area contributed by atoms with E-state index in [-0.39, 0.29) is 6.61 Å². The number of nitrogens with one attached hydrogen (secondary N) is 1. The van der Waals surface area contributed by atoms with Crippen LogP contribution < -0.4 is 5.32 Å². The highest BCUT2D eigenvalue weighted by molar-refractivity contribution is 5.46. The SMILES string of the molecule is OCCCc1cccc(NCc2cccnc2)c1. The third kappa shape index (κ3) is 3.86. The predicted molar refractivity (Wildman–Crippen MR) is 73.4 cm³/mol. The van der Waals surface area contributed by atoms with Gasteiger partial charge in [-0.15, -0.1) is 0 Å². The van der Waals surface area contributed by atoms with Crippen LogP contribution in [0, 0.1) is 0 Å². The molecule has 1 heterocycles. The zero-order valence-electron chi connectivity index (χ0n) is 10.3. The lowest BCUT2D eigenvalue weighted by atomic mass is 10.1. The van der Waals surface area contributed by atoms with Crippen LogP contribution in [-0.2, 0) is 13.0 Å². The Morgan fingerprint density at radius 2 is 2.00 bits per heavy atom. The zero-order chi connectivity index (χ0) is 12.6. The van der Waals surface area contributed by atoms with Crippen molar-refractivity contribution in [2.24, 2.45) is 0 Å². The van der Waals surface area contributed by atoms with Gasteiger partial charge in [0.1, 0.15) is 0 Å². The molecule has 1 aromatic heterocycles. The molecule has 0 radical (unpaired) electrons. The molecule has 2 rings (SSSR count). The van der Waals surface area contributed by atoms with E-state index in [1.165, 1.54) is 11.1 Å². The summed E-state index contributed by atoms with van der Waals surface area (Å²) in [5.74, 6) is 0. The van der Waals surface area contributed by atoms with Gasteiger partial charge in [0, 0.05) is 31.2 Å². The number of aryl methyl sites for hydroxylation is 1. The fourth-order valence-corrected chi connectivity index (χ4v) is 1.83. The minimum absolute atomic E-state index is 0.243. The second-order valence-electron chi connectivity index (χ2n) is 4.24. The number of hydrogen-bond donors (Lipinski definition) is 2. The van der Waals surface area contributed by atoms with Crippen LogP contribution in [0.15, 0.2) is 48.8 Å². The molecule has 0 saturated carbocycles. The number of hydrogen-bond acceptors (Lipinski definition) is 3. The number of nitrogens with zero attached hydrogens (tertiary/aromatic N) is 1. The highest BCUT2D eigenvalue weighted by atomic mass is 16.2. The number of aliphatic hydroxyl groups excluding tert-OH is 1. The predicted octanol–water partition coefficient (Wildman–Crippen LogP) is 2.62. The quantitative estimate of drug-likeness (QED) is 0.818. The highest BCUT2D eigenvalue weighted by Gasteiger charge is 1.97. The van der Waals surface area contributed by atoms with E-state index in [4.69, 9.17) is 5.11 Å². The molecule has 0 aliphatic rings. The fraction of sp³-hybridized carbons (Fsp3) is 0.267. The summed E-state index contributed by atoms with van der Waals surface area (Å²) in [4.78, 5) is 4.09. The lowest BCUT2D eigenvalue weighted by Crippen LogP contribution is -2.00. The van der Waals surface area contributed by atoms with Crippen molar-refractivity contribution in [3.8, 4) is 0 Å². The Labute approximate surface area is 108 Å². The van der Waals surface area contributed by atoms with Crippen LogP contribution >= 0.6 is 0 Å². The Morgan fingerprint density at radius 1 is 1.11 bits per heavy atom. The summed E-state index contributed by atoms with van der Waals surface area (Å²) >= 11 is 0. The number of pyridine rings is 1. The van der Waals surface area contributed by atoms with Crippen molar-refractivity contribution in [1.29, 1.82) is 0 Å². The first-order valence-electron chi connectivity index (χ1n) is 6.21. The lowest BCUT2D eigenvalue weighted by molar-refractivity contribution is 0.288. The molecule has 1 aromatic carbocycles. The van der Waals surface area contributed by atoms with E-state index in [1.54, 1.807) is 6.20 Å². The third-order valence-corrected chi connectivity index (χ3v) is 2.77. The zero-order valence-corrected chi connectivity index (χ0v) is 10.3. The molecule has 0 fully saturated rings. The summed E-state index contributed by atoms with van der Waals surface area (Å²) in [6.07, 6.45) is 5.37. The average Bonchev–Trinajstić information content (AvgIpc) is 2.44. The number of benzene rings is 1. The summed E-state index contributed by atoms with van der Waals surface area (Å²) in [7, 11) is 0. The standard InChI is InChI=1S/C15H18N2O/c18-9-3-6-13-4-1-7-15(10-13)17-12-14-5-2-8-16-11-14/h1-2,4-5,7-8,10-11,17-18H,3,6,9,12H2. The van der Waals surface area contributed by atoms with Gasteiger partial charge < -0.3 is 10.4 Å². The molecular formula is C15H18N2O. The molecule has 2 aromatic rings. The molecule has 94 valence electrons. The monoisotopic (exact) mass is 242 g/mol. The van der Waals surface area contributed by atoms with E-state index in [1.807, 2.05) is 18.3 Å². The normalized spacial score (nSPS) is 10.3. The van der Waals surface area contributed by atoms with Crippen LogP contribution in [0.25, 0.3) is 0 Å². The maximum absolute atomic E-state index is 8.83. The van der Waals surface area contributed by atoms with Crippen molar-refractivity contribution in [3.05, 3.63) is 59.9 Å². The molecule has 0 saturated heterocycles. The van der Waals surface area contributed by atoms with E-state index >= 15 is 0 Å². The minimum Gasteiger partial charge on any atom is -0.396 e. The van der Waals surface area contributed by atoms with Gasteiger partial charge in [-0.05, 0) is 42.2 Å². The van der Waals surface area contributed by atoms with Crippen molar-refractivity contribution in [3.63, 3.8) is 0 Å². The van der Waals surface area contributed by atoms with Gasteiger partial charge in [-0.1, -0.05) is 18.2 Å². The molecule has 0 unspecified atom stereocenters. The van der Waals surface area contributed by atoms with Crippen molar-refractivity contribution < 1.29 is 5.11 Å². The molecule has 3 heteroatoms. The van der Waals surface area contributed by atoms with Crippen LogP contribution in [0.4, 0.5) is 5.69 Å². The first-order valence-corrected chi connectivity index (χ1v) is 6.21. The number of rotatable bonds is 6. The molecule has 0 aliphatic carbocycles. The summed E-state index contributed by atoms with van der Waals surface area (Å²) < 4.78 is 0. The van der Waals surface area contributed by atoms with Gasteiger partial charge >= 0.3 is 0 Å². The highest BCUT2D eigenvalue weighted by Crippen LogP contribution is 2.13. The molecule has 18 heavy (non-hydrogen) atoms. The van der Waals surface area contributed by atoms with Gasteiger partial charge in [0.05, 0.1) is 0 Å². The van der Waals surface area contributed by atoms with Crippen molar-refractivity contribution in [2.45, 2.75) is 19.4 Å². The number of anilines is 1. The van der Waals surface area contributed by atoms with Gasteiger partial charge in [-0.2, -0.15) is 0 Å². The Bertz CT molecular complexity index is 471. The molecule has 0 spiro atoms. The van der Waals surface area contributed by atoms with Crippen molar-refractivity contribution in [1.82, 2.24) is 4.98 Å². The summed E-state index contributed by atoms with van der Waals surface area (Å²) in [6, 6.07) is 12.3. The van der Waals surface area contributed by atoms with E-state index in [9.17, 15) is 0 Å². The topological polar surface area (TPSA) is 45.1 Å². The molecule has 0 aliphatic heterocycles. The Balaban J connectivity index is 1.93. The molecular weight excluding hydrogens is 224 g/mol. The Hall–Kier alpha value is -1.87. The van der Waals surface area contributed by atoms with Crippen molar-refractivity contribution in [2.75, 3.05) is 11.9 Å². The molecule has 0 bridgehead atoms. The molecule has 3 nitrogen and oxygen atoms in total. The van der Waals surface area contributed by atoms with Crippen LogP contribution in [0.3, 0.4) is 0 Å². The number of aromatic nitrogens is 1. The second-order valence-corrected chi connectivity index (χ2v) is 4.24. The Kier molecular flexibility index (Phi) is 4.73. The maximum Gasteiger partial charge on any atom is 0.0434 e. The van der Waals surface area contributed by atoms with Crippen LogP contribution in [0.5, 0.6) is 0 Å². The van der Waals surface area contributed by atoms with Crippen molar-refractivity contribution >= 4 is 5.69 Å². The van der Waals surface area contributed by atoms with Gasteiger partial charge in [0.25, 0.3) is 0 Å². The van der Waals surface area contributed by atoms with Crippen LogP contribution in [0.1, 0.15) is 17.5 Å². The average molecular weight is 242 g/mol. The van der Waals surface area contributed by atoms with E-state index < -0.39 is 0 Å². The minimum atomic E-state index is 0.243. The first-order chi connectivity index (χ1) is 8.88. The second kappa shape index (κ2) is 6.77. The van der Waals surface area contributed by atoms with E-state index in [2.05, 4.69) is 34.6 Å². The van der Waals surface area contributed by atoms with Gasteiger partial charge in [0.2, 0.25) is 0 Å².